The Morgan fingerprint density at radius 2 is 2.32 bits per heavy atom. The van der Waals surface area contributed by atoms with Crippen LogP contribution in [0.4, 0.5) is 5.69 Å². The molecular weight excluding hydrogens is 242 g/mol. The molecule has 1 aliphatic carbocycles. The summed E-state index contributed by atoms with van der Waals surface area (Å²) in [6.45, 7) is 3.85. The molecule has 0 saturated heterocycles. The fraction of sp³-hybridized carbons (Fsp3) is 0.571. The number of carbonyl (C=O) groups is 1. The second kappa shape index (κ2) is 6.02. The Kier molecular flexibility index (Phi) is 4.37. The van der Waals surface area contributed by atoms with E-state index in [4.69, 9.17) is 10.5 Å². The molecule has 104 valence electrons. The van der Waals surface area contributed by atoms with Crippen LogP contribution in [-0.4, -0.2) is 23.0 Å². The number of amides is 1. The van der Waals surface area contributed by atoms with Crippen LogP contribution < -0.4 is 15.8 Å². The second-order valence-electron chi connectivity index (χ2n) is 5.28. The van der Waals surface area contributed by atoms with Crippen LogP contribution in [0, 0.1) is 5.92 Å². The van der Waals surface area contributed by atoms with Crippen LogP contribution in [0.2, 0.25) is 0 Å². The molecule has 19 heavy (non-hydrogen) atoms. The molecule has 0 aromatic carbocycles. The van der Waals surface area contributed by atoms with E-state index in [0.717, 1.165) is 19.3 Å². The van der Waals surface area contributed by atoms with Crippen molar-refractivity contribution in [3.05, 3.63) is 18.3 Å². The maximum atomic E-state index is 12.1. The average Bonchev–Trinajstić information content (AvgIpc) is 2.78. The molecule has 2 rings (SSSR count). The van der Waals surface area contributed by atoms with Gasteiger partial charge in [-0.1, -0.05) is 0 Å². The summed E-state index contributed by atoms with van der Waals surface area (Å²) in [6, 6.07) is 3.73. The van der Waals surface area contributed by atoms with Gasteiger partial charge in [-0.15, -0.1) is 0 Å². The molecule has 1 aromatic heterocycles. The number of hydrogen-bond acceptors (Lipinski definition) is 4. The van der Waals surface area contributed by atoms with Crippen molar-refractivity contribution >= 4 is 11.6 Å². The number of ether oxygens (including phenoxy) is 1. The van der Waals surface area contributed by atoms with E-state index in [-0.39, 0.29) is 24.0 Å². The number of anilines is 1. The molecule has 5 heteroatoms. The van der Waals surface area contributed by atoms with Crippen molar-refractivity contribution in [3.63, 3.8) is 0 Å². The third kappa shape index (κ3) is 3.67. The summed E-state index contributed by atoms with van der Waals surface area (Å²) < 4.78 is 5.58. The minimum atomic E-state index is 0.00195. The van der Waals surface area contributed by atoms with Crippen LogP contribution >= 0.6 is 0 Å². The van der Waals surface area contributed by atoms with Gasteiger partial charge in [-0.2, -0.15) is 0 Å². The first-order valence-electron chi connectivity index (χ1n) is 6.74. The fourth-order valence-corrected chi connectivity index (χ4v) is 2.29. The summed E-state index contributed by atoms with van der Waals surface area (Å²) in [5.41, 5.74) is 6.46. The van der Waals surface area contributed by atoms with Crippen LogP contribution in [0.15, 0.2) is 18.3 Å². The lowest BCUT2D eigenvalue weighted by molar-refractivity contribution is -0.119. The van der Waals surface area contributed by atoms with Gasteiger partial charge in [0.25, 0.3) is 0 Å². The van der Waals surface area contributed by atoms with Crippen molar-refractivity contribution < 1.29 is 9.53 Å². The van der Waals surface area contributed by atoms with Gasteiger partial charge < -0.3 is 15.8 Å². The Bertz CT molecular complexity index is 448. The minimum Gasteiger partial charge on any atom is -0.473 e. The zero-order valence-electron chi connectivity index (χ0n) is 11.4. The van der Waals surface area contributed by atoms with Gasteiger partial charge in [-0.25, -0.2) is 4.98 Å². The molecule has 0 spiro atoms. The summed E-state index contributed by atoms with van der Waals surface area (Å²) in [6.07, 6.45) is 4.20. The number of nitrogens with one attached hydrogen (secondary N) is 1. The molecular formula is C14H21N3O2. The van der Waals surface area contributed by atoms with Gasteiger partial charge >= 0.3 is 0 Å². The van der Waals surface area contributed by atoms with Gasteiger partial charge in [0.15, 0.2) is 0 Å². The quantitative estimate of drug-likeness (QED) is 0.870. The Labute approximate surface area is 113 Å². The molecule has 1 aliphatic rings. The maximum absolute atomic E-state index is 12.1. The highest BCUT2D eigenvalue weighted by molar-refractivity contribution is 5.93. The molecule has 1 saturated carbocycles. The highest BCUT2D eigenvalue weighted by Crippen LogP contribution is 2.27. The first kappa shape index (κ1) is 13.8. The second-order valence-corrected chi connectivity index (χ2v) is 5.28. The smallest absolute Gasteiger partial charge is 0.238 e. The fourth-order valence-electron chi connectivity index (χ4n) is 2.29. The highest BCUT2D eigenvalue weighted by Gasteiger charge is 2.28. The van der Waals surface area contributed by atoms with E-state index < -0.39 is 0 Å². The monoisotopic (exact) mass is 263 g/mol. The van der Waals surface area contributed by atoms with Gasteiger partial charge in [0.05, 0.1) is 6.10 Å². The molecule has 1 heterocycles. The zero-order valence-corrected chi connectivity index (χ0v) is 11.4. The van der Waals surface area contributed by atoms with E-state index in [9.17, 15) is 4.79 Å². The van der Waals surface area contributed by atoms with Gasteiger partial charge in [0.1, 0.15) is 5.69 Å². The number of pyridine rings is 1. The van der Waals surface area contributed by atoms with Crippen molar-refractivity contribution in [1.29, 1.82) is 0 Å². The van der Waals surface area contributed by atoms with Crippen LogP contribution in [0.3, 0.4) is 0 Å². The van der Waals surface area contributed by atoms with Crippen LogP contribution in [0.1, 0.15) is 33.1 Å². The molecule has 5 nitrogen and oxygen atoms in total. The van der Waals surface area contributed by atoms with Crippen LogP contribution in [0.25, 0.3) is 0 Å². The molecule has 1 amide bonds. The summed E-state index contributed by atoms with van der Waals surface area (Å²) in [5, 5.41) is 2.90. The Morgan fingerprint density at radius 3 is 2.95 bits per heavy atom. The van der Waals surface area contributed by atoms with E-state index in [1.165, 1.54) is 0 Å². The van der Waals surface area contributed by atoms with Crippen molar-refractivity contribution in [2.75, 3.05) is 5.32 Å². The number of nitrogens with zero attached hydrogens (tertiary/aromatic N) is 1. The van der Waals surface area contributed by atoms with Gasteiger partial charge in [0, 0.05) is 18.2 Å². The SMILES string of the molecule is CC(C)Oc1ncccc1NC(=O)C1CCC(N)C1. The molecule has 2 unspecified atom stereocenters. The standard InChI is InChI=1S/C14H21N3O2/c1-9(2)19-14-12(4-3-7-16-14)17-13(18)10-5-6-11(15)8-10/h3-4,7,9-11H,5-6,8,15H2,1-2H3,(H,17,18). The Hall–Kier alpha value is -1.62. The minimum absolute atomic E-state index is 0.00195. The third-order valence-corrected chi connectivity index (χ3v) is 3.22. The largest absolute Gasteiger partial charge is 0.473 e. The van der Waals surface area contributed by atoms with E-state index in [1.807, 2.05) is 13.8 Å². The van der Waals surface area contributed by atoms with E-state index in [2.05, 4.69) is 10.3 Å². The molecule has 2 atom stereocenters. The summed E-state index contributed by atoms with van der Waals surface area (Å²) in [7, 11) is 0. The van der Waals surface area contributed by atoms with Crippen LogP contribution in [-0.2, 0) is 4.79 Å². The molecule has 1 aromatic rings. The Balaban J connectivity index is 2.04. The van der Waals surface area contributed by atoms with Gasteiger partial charge in [-0.05, 0) is 45.2 Å². The number of nitrogens with two attached hydrogens (primary N) is 1. The molecule has 3 N–H and O–H groups in total. The van der Waals surface area contributed by atoms with Crippen LogP contribution in [0.5, 0.6) is 5.88 Å². The first-order chi connectivity index (χ1) is 9.06. The predicted octanol–water partition coefficient (Wildman–Crippen LogP) is 1.93. The predicted molar refractivity (Wildman–Crippen MR) is 73.9 cm³/mol. The topological polar surface area (TPSA) is 77.2 Å². The van der Waals surface area contributed by atoms with Gasteiger partial charge in [-0.3, -0.25) is 4.79 Å². The average molecular weight is 263 g/mol. The number of aromatic nitrogens is 1. The zero-order chi connectivity index (χ0) is 13.8. The van der Waals surface area contributed by atoms with Crippen molar-refractivity contribution in [3.8, 4) is 5.88 Å². The third-order valence-electron chi connectivity index (χ3n) is 3.22. The summed E-state index contributed by atoms with van der Waals surface area (Å²) in [5.74, 6) is 0.477. The van der Waals surface area contributed by atoms with Gasteiger partial charge in [0.2, 0.25) is 11.8 Å². The highest BCUT2D eigenvalue weighted by atomic mass is 16.5. The lowest BCUT2D eigenvalue weighted by Gasteiger charge is -2.15. The summed E-state index contributed by atoms with van der Waals surface area (Å²) in [4.78, 5) is 16.3. The normalized spacial score (nSPS) is 22.5. The van der Waals surface area contributed by atoms with E-state index in [1.54, 1.807) is 18.3 Å². The Morgan fingerprint density at radius 1 is 1.53 bits per heavy atom. The number of rotatable bonds is 4. The van der Waals surface area contributed by atoms with Crippen molar-refractivity contribution in [1.82, 2.24) is 4.98 Å². The molecule has 0 aliphatic heterocycles. The molecule has 0 bridgehead atoms. The van der Waals surface area contributed by atoms with Crippen molar-refractivity contribution in [2.24, 2.45) is 11.7 Å². The number of carbonyl (C=O) groups excluding carboxylic acids is 1. The first-order valence-corrected chi connectivity index (χ1v) is 6.74. The van der Waals surface area contributed by atoms with E-state index >= 15 is 0 Å². The van der Waals surface area contributed by atoms with Crippen molar-refractivity contribution in [2.45, 2.75) is 45.3 Å². The lowest BCUT2D eigenvalue weighted by atomic mass is 10.1. The van der Waals surface area contributed by atoms with E-state index in [0.29, 0.717) is 11.6 Å². The maximum Gasteiger partial charge on any atom is 0.238 e. The molecule has 0 radical (unpaired) electrons. The lowest BCUT2D eigenvalue weighted by Crippen LogP contribution is -2.23. The molecule has 1 fully saturated rings. The number of hydrogen-bond donors (Lipinski definition) is 2. The summed E-state index contributed by atoms with van der Waals surface area (Å²) >= 11 is 0.